The Morgan fingerprint density at radius 2 is 1.80 bits per heavy atom. The minimum atomic E-state index is -1.07. The lowest BCUT2D eigenvalue weighted by atomic mass is 9.86. The summed E-state index contributed by atoms with van der Waals surface area (Å²) < 4.78 is 27.8. The molecule has 5 rings (SSSR count). The lowest BCUT2D eigenvalue weighted by Gasteiger charge is -2.33. The van der Waals surface area contributed by atoms with E-state index in [4.69, 9.17) is 0 Å². The summed E-state index contributed by atoms with van der Waals surface area (Å²) in [5, 5.41) is 1.38. The number of aromatic nitrogens is 2. The summed E-state index contributed by atoms with van der Waals surface area (Å²) in [6.45, 7) is 0. The van der Waals surface area contributed by atoms with Crippen molar-refractivity contribution in [1.82, 2.24) is 14.9 Å². The molecule has 0 radical (unpaired) electrons. The maximum atomic E-state index is 14.0. The SMILES string of the molecule is CN(C(=O)c1cc2ccccc2[nH]1)C1CCCc2[nH]c(=O)c3cc(F)c(F)cc3c21. The van der Waals surface area contributed by atoms with Gasteiger partial charge in [-0.2, -0.15) is 0 Å². The molecular formula is C23H19F2N3O2. The molecule has 4 aromatic rings. The number of benzene rings is 2. The number of nitrogens with one attached hydrogen (secondary N) is 2. The van der Waals surface area contributed by atoms with E-state index in [0.717, 1.165) is 29.5 Å². The number of carbonyl (C=O) groups is 1. The second kappa shape index (κ2) is 6.79. The Labute approximate surface area is 170 Å². The van der Waals surface area contributed by atoms with Crippen molar-refractivity contribution < 1.29 is 13.6 Å². The van der Waals surface area contributed by atoms with Gasteiger partial charge in [-0.15, -0.1) is 0 Å². The number of nitrogens with zero attached hydrogens (tertiary/aromatic N) is 1. The standard InChI is InChI=1S/C23H19F2N3O2/c1-28(23(30)19-9-12-5-2-3-6-17(12)26-19)20-8-4-7-18-21(20)13-10-15(24)16(25)11-14(13)22(29)27-18/h2-3,5-6,9-11,20,26H,4,7-8H2,1H3,(H,27,29). The van der Waals surface area contributed by atoms with Crippen molar-refractivity contribution in [3.05, 3.63) is 81.4 Å². The zero-order valence-corrected chi connectivity index (χ0v) is 16.3. The minimum absolute atomic E-state index is 0.0889. The second-order valence-corrected chi connectivity index (χ2v) is 7.75. The van der Waals surface area contributed by atoms with Crippen LogP contribution in [0, 0.1) is 11.6 Å². The van der Waals surface area contributed by atoms with Crippen LogP contribution in [0.25, 0.3) is 21.7 Å². The van der Waals surface area contributed by atoms with Crippen LogP contribution in [0.15, 0.2) is 47.3 Å². The number of hydrogen-bond donors (Lipinski definition) is 2. The number of carbonyl (C=O) groups excluding carboxylic acids is 1. The molecule has 2 heterocycles. The van der Waals surface area contributed by atoms with Gasteiger partial charge in [0.25, 0.3) is 11.5 Å². The Morgan fingerprint density at radius 1 is 1.07 bits per heavy atom. The lowest BCUT2D eigenvalue weighted by molar-refractivity contribution is 0.0711. The van der Waals surface area contributed by atoms with E-state index in [0.29, 0.717) is 35.2 Å². The molecule has 5 nitrogen and oxygen atoms in total. The number of para-hydroxylation sites is 1. The van der Waals surface area contributed by atoms with E-state index in [9.17, 15) is 18.4 Å². The van der Waals surface area contributed by atoms with Gasteiger partial charge in [0.05, 0.1) is 11.4 Å². The highest BCUT2D eigenvalue weighted by atomic mass is 19.2. The second-order valence-electron chi connectivity index (χ2n) is 7.75. The number of fused-ring (bicyclic) bond motifs is 4. The molecule has 0 bridgehead atoms. The van der Waals surface area contributed by atoms with Crippen LogP contribution in [-0.2, 0) is 6.42 Å². The van der Waals surface area contributed by atoms with Crippen LogP contribution in [-0.4, -0.2) is 27.8 Å². The quantitative estimate of drug-likeness (QED) is 0.516. The number of aryl methyl sites for hydroxylation is 1. The van der Waals surface area contributed by atoms with E-state index in [2.05, 4.69) is 9.97 Å². The Balaban J connectivity index is 1.63. The van der Waals surface area contributed by atoms with Gasteiger partial charge in [0.1, 0.15) is 5.69 Å². The van der Waals surface area contributed by atoms with E-state index < -0.39 is 17.2 Å². The van der Waals surface area contributed by atoms with Crippen LogP contribution >= 0.6 is 0 Å². The predicted octanol–water partition coefficient (Wildman–Crippen LogP) is 4.44. The van der Waals surface area contributed by atoms with Gasteiger partial charge in [-0.25, -0.2) is 8.78 Å². The fraction of sp³-hybridized carbons (Fsp3) is 0.217. The van der Waals surface area contributed by atoms with Gasteiger partial charge in [0, 0.05) is 29.2 Å². The first-order valence-corrected chi connectivity index (χ1v) is 9.83. The van der Waals surface area contributed by atoms with E-state index >= 15 is 0 Å². The molecule has 2 N–H and O–H groups in total. The Bertz CT molecular complexity index is 1340. The zero-order valence-electron chi connectivity index (χ0n) is 16.3. The fourth-order valence-electron chi connectivity index (χ4n) is 4.49. The molecule has 1 amide bonds. The molecule has 7 heteroatoms. The van der Waals surface area contributed by atoms with Gasteiger partial charge < -0.3 is 14.9 Å². The maximum absolute atomic E-state index is 14.0. The Kier molecular flexibility index (Phi) is 4.20. The summed E-state index contributed by atoms with van der Waals surface area (Å²) in [5.41, 5.74) is 2.23. The van der Waals surface area contributed by atoms with Gasteiger partial charge >= 0.3 is 0 Å². The average Bonchev–Trinajstić information content (AvgIpc) is 3.18. The smallest absolute Gasteiger partial charge is 0.270 e. The topological polar surface area (TPSA) is 69.0 Å². The van der Waals surface area contributed by atoms with Crippen molar-refractivity contribution in [2.75, 3.05) is 7.05 Å². The van der Waals surface area contributed by atoms with Gasteiger partial charge in [0.15, 0.2) is 11.6 Å². The summed E-state index contributed by atoms with van der Waals surface area (Å²) in [7, 11) is 1.70. The van der Waals surface area contributed by atoms with Crippen LogP contribution < -0.4 is 5.56 Å². The van der Waals surface area contributed by atoms with Crippen LogP contribution in [0.2, 0.25) is 0 Å². The van der Waals surface area contributed by atoms with Crippen molar-refractivity contribution >= 4 is 27.6 Å². The van der Waals surface area contributed by atoms with Crippen molar-refractivity contribution in [3.8, 4) is 0 Å². The molecule has 30 heavy (non-hydrogen) atoms. The molecule has 1 aliphatic rings. The van der Waals surface area contributed by atoms with Gasteiger partial charge in [-0.1, -0.05) is 18.2 Å². The van der Waals surface area contributed by atoms with Gasteiger partial charge in [-0.05, 0) is 48.9 Å². The van der Waals surface area contributed by atoms with Crippen LogP contribution in [0.3, 0.4) is 0 Å². The van der Waals surface area contributed by atoms with E-state index in [-0.39, 0.29) is 17.3 Å². The van der Waals surface area contributed by atoms with Crippen molar-refractivity contribution in [3.63, 3.8) is 0 Å². The molecule has 1 unspecified atom stereocenters. The van der Waals surface area contributed by atoms with Crippen LogP contribution in [0.5, 0.6) is 0 Å². The summed E-state index contributed by atoms with van der Waals surface area (Å²) >= 11 is 0. The predicted molar refractivity (Wildman–Crippen MR) is 111 cm³/mol. The van der Waals surface area contributed by atoms with Crippen molar-refractivity contribution in [1.29, 1.82) is 0 Å². The first-order valence-electron chi connectivity index (χ1n) is 9.83. The first kappa shape index (κ1) is 18.5. The van der Waals surface area contributed by atoms with E-state index in [1.807, 2.05) is 24.3 Å². The molecule has 0 aliphatic heterocycles. The molecule has 1 aliphatic carbocycles. The van der Waals surface area contributed by atoms with Gasteiger partial charge in [0.2, 0.25) is 0 Å². The van der Waals surface area contributed by atoms with Crippen LogP contribution in [0.1, 0.15) is 40.6 Å². The highest BCUT2D eigenvalue weighted by Crippen LogP contribution is 2.37. The number of rotatable bonds is 2. The first-order chi connectivity index (χ1) is 14.4. The number of halogens is 2. The molecular weight excluding hydrogens is 388 g/mol. The summed E-state index contributed by atoms with van der Waals surface area (Å²) in [4.78, 5) is 33.2. The molecule has 152 valence electrons. The van der Waals surface area contributed by atoms with Gasteiger partial charge in [-0.3, -0.25) is 9.59 Å². The zero-order chi connectivity index (χ0) is 21.0. The maximum Gasteiger partial charge on any atom is 0.270 e. The third kappa shape index (κ3) is 2.81. The highest BCUT2D eigenvalue weighted by molar-refractivity contribution is 5.98. The van der Waals surface area contributed by atoms with Crippen molar-refractivity contribution in [2.24, 2.45) is 0 Å². The lowest BCUT2D eigenvalue weighted by Crippen LogP contribution is -2.34. The van der Waals surface area contributed by atoms with Crippen molar-refractivity contribution in [2.45, 2.75) is 25.3 Å². The summed E-state index contributed by atoms with van der Waals surface area (Å²) in [6.07, 6.45) is 2.05. The molecule has 0 saturated heterocycles. The highest BCUT2D eigenvalue weighted by Gasteiger charge is 2.31. The molecule has 1 atom stereocenters. The summed E-state index contributed by atoms with van der Waals surface area (Å²) in [6, 6.07) is 11.1. The third-order valence-corrected chi connectivity index (χ3v) is 5.97. The molecule has 0 spiro atoms. The Morgan fingerprint density at radius 3 is 2.57 bits per heavy atom. The Hall–Kier alpha value is -3.48. The number of pyridine rings is 1. The number of aromatic amines is 2. The fourth-order valence-corrected chi connectivity index (χ4v) is 4.49. The number of amides is 1. The monoisotopic (exact) mass is 407 g/mol. The number of hydrogen-bond acceptors (Lipinski definition) is 2. The summed E-state index contributed by atoms with van der Waals surface area (Å²) in [5.74, 6) is -2.28. The molecule has 2 aromatic heterocycles. The minimum Gasteiger partial charge on any atom is -0.351 e. The third-order valence-electron chi connectivity index (χ3n) is 5.97. The molecule has 0 fully saturated rings. The molecule has 0 saturated carbocycles. The average molecular weight is 407 g/mol. The van der Waals surface area contributed by atoms with Crippen LogP contribution in [0.4, 0.5) is 8.78 Å². The van der Waals surface area contributed by atoms with E-state index in [1.54, 1.807) is 18.0 Å². The van der Waals surface area contributed by atoms with E-state index in [1.165, 1.54) is 0 Å². The number of H-pyrrole nitrogens is 2. The largest absolute Gasteiger partial charge is 0.351 e. The molecule has 2 aromatic carbocycles. The normalized spacial score (nSPS) is 16.0.